The second kappa shape index (κ2) is 11.6. The molecule has 0 radical (unpaired) electrons. The number of thioether (sulfide) groups is 1. The number of nitrogens with one attached hydrogen (secondary N) is 1. The van der Waals surface area contributed by atoms with E-state index >= 15 is 0 Å². The molecular weight excluding hydrogens is 492 g/mol. The number of morpholine rings is 1. The van der Waals surface area contributed by atoms with E-state index in [1.807, 2.05) is 38.6 Å². The van der Waals surface area contributed by atoms with Crippen molar-refractivity contribution in [2.75, 3.05) is 39.0 Å². The van der Waals surface area contributed by atoms with Crippen LogP contribution >= 0.6 is 35.7 Å². The Morgan fingerprint density at radius 1 is 1.39 bits per heavy atom. The number of benzene rings is 1. The maximum atomic E-state index is 12.9. The quantitative estimate of drug-likeness (QED) is 0.209. The topological polar surface area (TPSA) is 54.7 Å². The fraction of sp³-hybridized carbons (Fsp3) is 0.474. The van der Waals surface area contributed by atoms with E-state index in [0.717, 1.165) is 48.2 Å². The first-order valence-corrected chi connectivity index (χ1v) is 10.1. The van der Waals surface area contributed by atoms with Crippen molar-refractivity contribution in [1.29, 1.82) is 0 Å². The van der Waals surface area contributed by atoms with Crippen LogP contribution in [0.3, 0.4) is 0 Å². The molecule has 1 N–H and O–H groups in total. The summed E-state index contributed by atoms with van der Waals surface area (Å²) in [5.74, 6) is 1.68. The van der Waals surface area contributed by atoms with Crippen LogP contribution in [-0.4, -0.2) is 59.7 Å². The second-order valence-electron chi connectivity index (χ2n) is 6.38. The number of halogens is 2. The van der Waals surface area contributed by atoms with Crippen LogP contribution < -0.4 is 5.32 Å². The van der Waals surface area contributed by atoms with Gasteiger partial charge in [-0.2, -0.15) is 5.10 Å². The number of rotatable bonds is 6. The molecule has 1 aliphatic heterocycles. The number of aryl methyl sites for hydroxylation is 1. The molecule has 1 fully saturated rings. The lowest BCUT2D eigenvalue weighted by molar-refractivity contribution is -0.00801. The second-order valence-corrected chi connectivity index (χ2v) is 7.55. The molecule has 0 aliphatic carbocycles. The number of guanidine groups is 1. The molecule has 2 heterocycles. The SMILES string of the molecule is CN=C(NCCCSc1ccc(F)cc1)N1CCOC(c2cnn(C)c2)C1.I. The van der Waals surface area contributed by atoms with Crippen molar-refractivity contribution >= 4 is 41.7 Å². The van der Waals surface area contributed by atoms with Gasteiger partial charge in [-0.25, -0.2) is 4.39 Å². The smallest absolute Gasteiger partial charge is 0.193 e. The number of aromatic nitrogens is 2. The van der Waals surface area contributed by atoms with Crippen LogP contribution in [0.1, 0.15) is 18.1 Å². The Hall–Kier alpha value is -1.33. The summed E-state index contributed by atoms with van der Waals surface area (Å²) in [6, 6.07) is 6.64. The number of aliphatic imine (C=N–C) groups is 1. The molecule has 1 unspecified atom stereocenters. The molecular formula is C19H27FIN5OS. The highest BCUT2D eigenvalue weighted by molar-refractivity contribution is 14.0. The third-order valence-corrected chi connectivity index (χ3v) is 5.46. The van der Waals surface area contributed by atoms with Crippen molar-refractivity contribution in [2.45, 2.75) is 17.4 Å². The Bertz CT molecular complexity index is 755. The van der Waals surface area contributed by atoms with Crippen LogP contribution in [0.5, 0.6) is 0 Å². The molecule has 9 heteroatoms. The maximum absolute atomic E-state index is 12.9. The van der Waals surface area contributed by atoms with Gasteiger partial charge in [-0.15, -0.1) is 35.7 Å². The molecule has 1 aliphatic rings. The predicted octanol–water partition coefficient (Wildman–Crippen LogP) is 3.31. The highest BCUT2D eigenvalue weighted by Gasteiger charge is 2.24. The van der Waals surface area contributed by atoms with E-state index in [2.05, 4.69) is 20.3 Å². The zero-order valence-electron chi connectivity index (χ0n) is 16.2. The molecule has 28 heavy (non-hydrogen) atoms. The molecule has 2 aromatic rings. The van der Waals surface area contributed by atoms with Gasteiger partial charge in [0.25, 0.3) is 0 Å². The summed E-state index contributed by atoms with van der Waals surface area (Å²) in [4.78, 5) is 7.74. The Morgan fingerprint density at radius 2 is 2.18 bits per heavy atom. The average Bonchev–Trinajstić information content (AvgIpc) is 3.13. The van der Waals surface area contributed by atoms with Crippen molar-refractivity contribution in [2.24, 2.45) is 12.0 Å². The normalized spacial score (nSPS) is 17.3. The predicted molar refractivity (Wildman–Crippen MR) is 122 cm³/mol. The number of nitrogens with zero attached hydrogens (tertiary/aromatic N) is 4. The van der Waals surface area contributed by atoms with Gasteiger partial charge in [0, 0.05) is 43.8 Å². The van der Waals surface area contributed by atoms with Crippen LogP contribution in [0.25, 0.3) is 0 Å². The van der Waals surface area contributed by atoms with Crippen LogP contribution in [0.4, 0.5) is 4.39 Å². The largest absolute Gasteiger partial charge is 0.370 e. The molecule has 3 rings (SSSR count). The summed E-state index contributed by atoms with van der Waals surface area (Å²) in [5, 5.41) is 7.67. The molecule has 0 saturated carbocycles. The van der Waals surface area contributed by atoms with E-state index in [4.69, 9.17) is 4.74 Å². The van der Waals surface area contributed by atoms with Gasteiger partial charge in [-0.1, -0.05) is 0 Å². The van der Waals surface area contributed by atoms with Gasteiger partial charge in [0.15, 0.2) is 5.96 Å². The lowest BCUT2D eigenvalue weighted by Crippen LogP contribution is -2.48. The molecule has 1 atom stereocenters. The van der Waals surface area contributed by atoms with Crippen molar-refractivity contribution in [3.05, 3.63) is 48.0 Å². The first kappa shape index (κ1) is 23.0. The lowest BCUT2D eigenvalue weighted by Gasteiger charge is -2.34. The highest BCUT2D eigenvalue weighted by Crippen LogP contribution is 2.22. The minimum Gasteiger partial charge on any atom is -0.370 e. The lowest BCUT2D eigenvalue weighted by atomic mass is 10.1. The van der Waals surface area contributed by atoms with Gasteiger partial charge in [-0.3, -0.25) is 9.67 Å². The Morgan fingerprint density at radius 3 is 2.86 bits per heavy atom. The molecule has 1 aromatic heterocycles. The number of hydrogen-bond donors (Lipinski definition) is 1. The van der Waals surface area contributed by atoms with Crippen molar-refractivity contribution in [1.82, 2.24) is 20.0 Å². The minimum absolute atomic E-state index is 0. The van der Waals surface area contributed by atoms with Gasteiger partial charge in [0.1, 0.15) is 11.9 Å². The Kier molecular flexibility index (Phi) is 9.52. The van der Waals surface area contributed by atoms with E-state index in [0.29, 0.717) is 6.61 Å². The van der Waals surface area contributed by atoms with Crippen LogP contribution in [0.15, 0.2) is 46.5 Å². The first-order chi connectivity index (χ1) is 13.2. The molecule has 1 aromatic carbocycles. The first-order valence-electron chi connectivity index (χ1n) is 9.10. The standard InChI is InChI=1S/C19H26FN5OS.HI/c1-21-19(22-8-3-11-27-17-6-4-16(20)5-7-17)25-9-10-26-18(14-25)15-12-23-24(2)13-15;/h4-7,12-13,18H,3,8-11,14H2,1-2H3,(H,21,22);1H. The van der Waals surface area contributed by atoms with Gasteiger partial charge in [0.05, 0.1) is 19.3 Å². The molecule has 154 valence electrons. The molecule has 0 amide bonds. The van der Waals surface area contributed by atoms with Gasteiger partial charge in [0.2, 0.25) is 0 Å². The van der Waals surface area contributed by atoms with Crippen LogP contribution in [0, 0.1) is 5.82 Å². The van der Waals surface area contributed by atoms with E-state index in [-0.39, 0.29) is 35.9 Å². The van der Waals surface area contributed by atoms with Gasteiger partial charge < -0.3 is 15.0 Å². The monoisotopic (exact) mass is 519 g/mol. The Balaban J connectivity index is 0.00000280. The summed E-state index contributed by atoms with van der Waals surface area (Å²) in [7, 11) is 3.72. The van der Waals surface area contributed by atoms with Crippen LogP contribution in [0.2, 0.25) is 0 Å². The summed E-state index contributed by atoms with van der Waals surface area (Å²) in [6.45, 7) is 3.09. The van der Waals surface area contributed by atoms with Crippen LogP contribution in [-0.2, 0) is 11.8 Å². The van der Waals surface area contributed by atoms with Gasteiger partial charge in [-0.05, 0) is 36.4 Å². The summed E-state index contributed by atoms with van der Waals surface area (Å²) >= 11 is 1.73. The zero-order valence-corrected chi connectivity index (χ0v) is 19.3. The summed E-state index contributed by atoms with van der Waals surface area (Å²) < 4.78 is 20.6. The highest BCUT2D eigenvalue weighted by atomic mass is 127. The van der Waals surface area contributed by atoms with Crippen molar-refractivity contribution < 1.29 is 9.13 Å². The van der Waals surface area contributed by atoms with E-state index in [1.165, 1.54) is 12.1 Å². The fourth-order valence-electron chi connectivity index (χ4n) is 2.98. The van der Waals surface area contributed by atoms with E-state index in [9.17, 15) is 4.39 Å². The fourth-order valence-corrected chi connectivity index (χ4v) is 3.83. The third-order valence-electron chi connectivity index (χ3n) is 4.36. The van der Waals surface area contributed by atoms with Crippen molar-refractivity contribution in [3.63, 3.8) is 0 Å². The minimum atomic E-state index is -0.195. The maximum Gasteiger partial charge on any atom is 0.193 e. The number of ether oxygens (including phenoxy) is 1. The summed E-state index contributed by atoms with van der Waals surface area (Å²) in [5.41, 5.74) is 1.09. The molecule has 6 nitrogen and oxygen atoms in total. The molecule has 0 bridgehead atoms. The van der Waals surface area contributed by atoms with E-state index in [1.54, 1.807) is 16.4 Å². The molecule has 0 spiro atoms. The average molecular weight is 519 g/mol. The Labute approximate surface area is 186 Å². The number of hydrogen-bond acceptors (Lipinski definition) is 4. The van der Waals surface area contributed by atoms with E-state index < -0.39 is 0 Å². The van der Waals surface area contributed by atoms with Gasteiger partial charge >= 0.3 is 0 Å². The molecule has 1 saturated heterocycles. The van der Waals surface area contributed by atoms with Crippen molar-refractivity contribution in [3.8, 4) is 0 Å². The third kappa shape index (κ3) is 6.63. The zero-order chi connectivity index (χ0) is 19.1. The summed E-state index contributed by atoms with van der Waals surface area (Å²) in [6.07, 6.45) is 4.87.